The Kier molecular flexibility index (Phi) is 7.64. The van der Waals surface area contributed by atoms with Crippen molar-refractivity contribution in [3.8, 4) is 0 Å². The van der Waals surface area contributed by atoms with Crippen LogP contribution < -0.4 is 10.0 Å². The zero-order valence-electron chi connectivity index (χ0n) is 14.0. The number of hydrogen-bond donors (Lipinski definition) is 2. The highest BCUT2D eigenvalue weighted by atomic mass is 35.5. The van der Waals surface area contributed by atoms with Crippen LogP contribution in [0.2, 0.25) is 10.0 Å². The number of anilines is 1. The summed E-state index contributed by atoms with van der Waals surface area (Å²) in [6.45, 7) is 0.522. The monoisotopic (exact) mass is 432 g/mol. The Bertz CT molecular complexity index is 872. The second-order valence-electron chi connectivity index (χ2n) is 5.51. The van der Waals surface area contributed by atoms with Crippen LogP contribution in [0.3, 0.4) is 0 Å². The summed E-state index contributed by atoms with van der Waals surface area (Å²) in [5.74, 6) is 1.32. The Morgan fingerprint density at radius 1 is 1.08 bits per heavy atom. The van der Waals surface area contributed by atoms with Gasteiger partial charge in [0.05, 0.1) is 16.3 Å². The molecular formula is C17H18Cl2N2O3S2. The van der Waals surface area contributed by atoms with E-state index in [1.807, 2.05) is 12.1 Å². The van der Waals surface area contributed by atoms with Crippen molar-refractivity contribution in [1.29, 1.82) is 0 Å². The summed E-state index contributed by atoms with van der Waals surface area (Å²) in [6, 6.07) is 11.8. The molecule has 0 bridgehead atoms. The number of carbonyl (C=O) groups is 1. The van der Waals surface area contributed by atoms with Gasteiger partial charge in [-0.05, 0) is 42.0 Å². The van der Waals surface area contributed by atoms with E-state index in [1.165, 1.54) is 0 Å². The lowest BCUT2D eigenvalue weighted by Gasteiger charge is -2.07. The first-order valence-electron chi connectivity index (χ1n) is 7.62. The molecule has 0 saturated heterocycles. The fraction of sp³-hybridized carbons (Fsp3) is 0.235. The van der Waals surface area contributed by atoms with Crippen LogP contribution in [0.25, 0.3) is 0 Å². The highest BCUT2D eigenvalue weighted by molar-refractivity contribution is 7.98. The molecule has 0 heterocycles. The number of rotatable bonds is 8. The molecule has 2 N–H and O–H groups in total. The summed E-state index contributed by atoms with van der Waals surface area (Å²) in [7, 11) is -3.33. The number of amides is 1. The van der Waals surface area contributed by atoms with Gasteiger partial charge in [-0.15, -0.1) is 0 Å². The van der Waals surface area contributed by atoms with E-state index in [2.05, 4.69) is 10.0 Å². The summed E-state index contributed by atoms with van der Waals surface area (Å²) >= 11 is 13.5. The number of thioether (sulfide) groups is 1. The quantitative estimate of drug-likeness (QED) is 0.617. The third kappa shape index (κ3) is 7.07. The molecule has 26 heavy (non-hydrogen) atoms. The molecule has 5 nitrogen and oxygen atoms in total. The standard InChI is InChI=1S/C17H18Cl2N2O3S2/c1-26(23,24)21-14-5-3-13(4-6-14)17(22)20-8-9-25-11-12-2-7-15(18)16(19)10-12/h2-7,10,21H,8-9,11H2,1H3,(H,20,22). The Balaban J connectivity index is 1.73. The van der Waals surface area contributed by atoms with Crippen LogP contribution in [0.1, 0.15) is 15.9 Å². The van der Waals surface area contributed by atoms with Crippen LogP contribution in [0.4, 0.5) is 5.69 Å². The maximum Gasteiger partial charge on any atom is 0.251 e. The Morgan fingerprint density at radius 2 is 1.77 bits per heavy atom. The third-order valence-electron chi connectivity index (χ3n) is 3.24. The molecule has 0 unspecified atom stereocenters. The first kappa shape index (κ1) is 20.9. The van der Waals surface area contributed by atoms with Gasteiger partial charge in [0, 0.05) is 29.3 Å². The fourth-order valence-corrected chi connectivity index (χ4v) is 3.75. The van der Waals surface area contributed by atoms with Gasteiger partial charge in [-0.3, -0.25) is 9.52 Å². The van der Waals surface area contributed by atoms with Gasteiger partial charge in [-0.1, -0.05) is 29.3 Å². The van der Waals surface area contributed by atoms with Crippen LogP contribution in [-0.4, -0.2) is 32.9 Å². The Morgan fingerprint density at radius 3 is 2.38 bits per heavy atom. The Hall–Kier alpha value is -1.41. The first-order valence-corrected chi connectivity index (χ1v) is 11.4. The van der Waals surface area contributed by atoms with E-state index in [1.54, 1.807) is 42.1 Å². The van der Waals surface area contributed by atoms with Crippen molar-refractivity contribution in [3.05, 3.63) is 63.6 Å². The van der Waals surface area contributed by atoms with Crippen molar-refractivity contribution in [1.82, 2.24) is 5.32 Å². The number of sulfonamides is 1. The fourth-order valence-electron chi connectivity index (χ4n) is 2.06. The molecule has 0 aliphatic heterocycles. The maximum absolute atomic E-state index is 12.1. The molecule has 0 radical (unpaired) electrons. The van der Waals surface area contributed by atoms with Gasteiger partial charge >= 0.3 is 0 Å². The molecule has 140 valence electrons. The van der Waals surface area contributed by atoms with Crippen LogP contribution in [0, 0.1) is 0 Å². The highest BCUT2D eigenvalue weighted by Crippen LogP contribution is 2.24. The Labute approximate surface area is 167 Å². The number of benzene rings is 2. The molecule has 0 aliphatic carbocycles. The number of hydrogen-bond acceptors (Lipinski definition) is 4. The smallest absolute Gasteiger partial charge is 0.251 e. The largest absolute Gasteiger partial charge is 0.351 e. The molecule has 0 spiro atoms. The van der Waals surface area contributed by atoms with Gasteiger partial charge in [0.25, 0.3) is 5.91 Å². The van der Waals surface area contributed by atoms with E-state index < -0.39 is 10.0 Å². The SMILES string of the molecule is CS(=O)(=O)Nc1ccc(C(=O)NCCSCc2ccc(Cl)c(Cl)c2)cc1. The van der Waals surface area contributed by atoms with Gasteiger partial charge in [0.1, 0.15) is 0 Å². The maximum atomic E-state index is 12.1. The average Bonchev–Trinajstić information content (AvgIpc) is 2.57. The lowest BCUT2D eigenvalue weighted by Crippen LogP contribution is -2.25. The number of nitrogens with one attached hydrogen (secondary N) is 2. The van der Waals surface area contributed by atoms with Crippen molar-refractivity contribution < 1.29 is 13.2 Å². The summed E-state index contributed by atoms with van der Waals surface area (Å²) in [6.07, 6.45) is 1.07. The molecule has 0 atom stereocenters. The topological polar surface area (TPSA) is 75.3 Å². The molecule has 2 rings (SSSR count). The minimum Gasteiger partial charge on any atom is -0.351 e. The van der Waals surface area contributed by atoms with Crippen LogP contribution in [0.5, 0.6) is 0 Å². The van der Waals surface area contributed by atoms with Crippen molar-refractivity contribution in [2.45, 2.75) is 5.75 Å². The lowest BCUT2D eigenvalue weighted by molar-refractivity contribution is 0.0956. The highest BCUT2D eigenvalue weighted by Gasteiger charge is 2.07. The van der Waals surface area contributed by atoms with Gasteiger partial charge in [0.15, 0.2) is 0 Å². The minimum absolute atomic E-state index is 0.203. The van der Waals surface area contributed by atoms with Crippen molar-refractivity contribution >= 4 is 56.6 Å². The lowest BCUT2D eigenvalue weighted by atomic mass is 10.2. The van der Waals surface area contributed by atoms with E-state index in [0.29, 0.717) is 27.8 Å². The summed E-state index contributed by atoms with van der Waals surface area (Å²) < 4.78 is 24.7. The molecule has 0 aromatic heterocycles. The first-order chi connectivity index (χ1) is 12.2. The second-order valence-corrected chi connectivity index (χ2v) is 9.18. The van der Waals surface area contributed by atoms with Crippen molar-refractivity contribution in [2.24, 2.45) is 0 Å². The predicted octanol–water partition coefficient (Wildman–Crippen LogP) is 4.03. The van der Waals surface area contributed by atoms with E-state index in [0.717, 1.165) is 23.3 Å². The van der Waals surface area contributed by atoms with Crippen LogP contribution in [-0.2, 0) is 15.8 Å². The van der Waals surface area contributed by atoms with Gasteiger partial charge in [-0.2, -0.15) is 11.8 Å². The van der Waals surface area contributed by atoms with Gasteiger partial charge in [0.2, 0.25) is 10.0 Å². The summed E-state index contributed by atoms with van der Waals surface area (Å²) in [4.78, 5) is 12.1. The normalized spacial score (nSPS) is 11.2. The van der Waals surface area contributed by atoms with Crippen LogP contribution in [0.15, 0.2) is 42.5 Å². The van der Waals surface area contributed by atoms with E-state index in [9.17, 15) is 13.2 Å². The number of halogens is 2. The molecular weight excluding hydrogens is 415 g/mol. The molecule has 1 amide bonds. The molecule has 0 saturated carbocycles. The van der Waals surface area contributed by atoms with E-state index in [4.69, 9.17) is 23.2 Å². The van der Waals surface area contributed by atoms with E-state index in [-0.39, 0.29) is 5.91 Å². The molecule has 2 aromatic rings. The van der Waals surface area contributed by atoms with E-state index >= 15 is 0 Å². The van der Waals surface area contributed by atoms with Gasteiger partial charge in [-0.25, -0.2) is 8.42 Å². The van der Waals surface area contributed by atoms with Crippen molar-refractivity contribution in [3.63, 3.8) is 0 Å². The van der Waals surface area contributed by atoms with Gasteiger partial charge < -0.3 is 5.32 Å². The molecule has 2 aromatic carbocycles. The summed E-state index contributed by atoms with van der Waals surface area (Å²) in [5, 5.41) is 3.89. The third-order valence-corrected chi connectivity index (χ3v) is 5.61. The zero-order valence-corrected chi connectivity index (χ0v) is 17.1. The molecule has 0 fully saturated rings. The average molecular weight is 433 g/mol. The second kappa shape index (κ2) is 9.50. The molecule has 0 aliphatic rings. The number of carbonyl (C=O) groups excluding carboxylic acids is 1. The van der Waals surface area contributed by atoms with Crippen LogP contribution >= 0.6 is 35.0 Å². The minimum atomic E-state index is -3.33. The zero-order chi connectivity index (χ0) is 19.2. The molecule has 9 heteroatoms. The predicted molar refractivity (Wildman–Crippen MR) is 110 cm³/mol. The summed E-state index contributed by atoms with van der Waals surface area (Å²) in [5.41, 5.74) is 1.96. The van der Waals surface area contributed by atoms with Crippen molar-refractivity contribution in [2.75, 3.05) is 23.3 Å².